The van der Waals surface area contributed by atoms with Crippen LogP contribution in [-0.4, -0.2) is 20.8 Å². The van der Waals surface area contributed by atoms with E-state index in [-0.39, 0.29) is 6.03 Å². The number of anilines is 2. The number of hydrogen-bond donors (Lipinski definition) is 2. The maximum Gasteiger partial charge on any atom is 0.326 e. The van der Waals surface area contributed by atoms with E-state index in [4.69, 9.17) is 0 Å². The molecule has 6 heteroatoms. The molecule has 0 unspecified atom stereocenters. The summed E-state index contributed by atoms with van der Waals surface area (Å²) in [6.07, 6.45) is 3.24. The number of aromatic nitrogens is 3. The standard InChI is InChI=1S/C11H13N5O/c1-8-4-3-6-12-10(8)15-11(17)14-9-5-7-13-16(9)2/h3-7H,1-2H3,(H2,12,14,15,17). The van der Waals surface area contributed by atoms with E-state index in [0.29, 0.717) is 11.6 Å². The number of nitrogens with one attached hydrogen (secondary N) is 2. The summed E-state index contributed by atoms with van der Waals surface area (Å²) >= 11 is 0. The van der Waals surface area contributed by atoms with Crippen molar-refractivity contribution < 1.29 is 4.79 Å². The third-order valence-electron chi connectivity index (χ3n) is 2.30. The predicted octanol–water partition coefficient (Wildman–Crippen LogP) is 1.77. The molecule has 0 spiro atoms. The van der Waals surface area contributed by atoms with Crippen molar-refractivity contribution in [2.24, 2.45) is 7.05 Å². The number of nitrogens with zero attached hydrogens (tertiary/aromatic N) is 3. The Morgan fingerprint density at radius 1 is 1.29 bits per heavy atom. The molecule has 0 fully saturated rings. The van der Waals surface area contributed by atoms with Gasteiger partial charge in [-0.1, -0.05) is 6.07 Å². The van der Waals surface area contributed by atoms with Crippen LogP contribution < -0.4 is 10.6 Å². The molecule has 0 radical (unpaired) electrons. The molecule has 0 bridgehead atoms. The highest BCUT2D eigenvalue weighted by Crippen LogP contribution is 2.10. The highest BCUT2D eigenvalue weighted by atomic mass is 16.2. The maximum absolute atomic E-state index is 11.7. The van der Waals surface area contributed by atoms with Crippen molar-refractivity contribution in [3.8, 4) is 0 Å². The van der Waals surface area contributed by atoms with Gasteiger partial charge in [0.1, 0.15) is 11.6 Å². The molecule has 0 aliphatic heterocycles. The zero-order valence-corrected chi connectivity index (χ0v) is 9.64. The molecular formula is C11H13N5O. The molecule has 2 amide bonds. The van der Waals surface area contributed by atoms with Gasteiger partial charge < -0.3 is 0 Å². The van der Waals surface area contributed by atoms with Crippen LogP contribution in [0.2, 0.25) is 0 Å². The van der Waals surface area contributed by atoms with E-state index in [1.165, 1.54) is 0 Å². The van der Waals surface area contributed by atoms with Gasteiger partial charge in [0.05, 0.1) is 6.20 Å². The first-order valence-corrected chi connectivity index (χ1v) is 5.14. The Bertz CT molecular complexity index is 534. The third kappa shape index (κ3) is 2.60. The van der Waals surface area contributed by atoms with Crippen LogP contribution in [-0.2, 0) is 7.05 Å². The number of carbonyl (C=O) groups excluding carboxylic acids is 1. The summed E-state index contributed by atoms with van der Waals surface area (Å²) in [5.74, 6) is 1.17. The molecule has 17 heavy (non-hydrogen) atoms. The van der Waals surface area contributed by atoms with Crippen LogP contribution >= 0.6 is 0 Å². The second-order valence-electron chi connectivity index (χ2n) is 3.59. The number of urea groups is 1. The minimum absolute atomic E-state index is 0.338. The summed E-state index contributed by atoms with van der Waals surface area (Å²) in [6.45, 7) is 1.88. The van der Waals surface area contributed by atoms with Gasteiger partial charge in [-0.15, -0.1) is 0 Å². The molecule has 0 aliphatic rings. The number of pyridine rings is 1. The van der Waals surface area contributed by atoms with Gasteiger partial charge in [-0.2, -0.15) is 5.10 Å². The van der Waals surface area contributed by atoms with Gasteiger partial charge in [0.25, 0.3) is 0 Å². The van der Waals surface area contributed by atoms with Crippen molar-refractivity contribution in [1.82, 2.24) is 14.8 Å². The normalized spacial score (nSPS) is 10.0. The van der Waals surface area contributed by atoms with Gasteiger partial charge in [0.15, 0.2) is 0 Å². The fourth-order valence-electron chi connectivity index (χ4n) is 1.37. The number of hydrogen-bond acceptors (Lipinski definition) is 3. The molecule has 2 aromatic rings. The van der Waals surface area contributed by atoms with Gasteiger partial charge in [-0.05, 0) is 18.6 Å². The van der Waals surface area contributed by atoms with Crippen LogP contribution in [0.5, 0.6) is 0 Å². The molecule has 0 saturated carbocycles. The molecule has 2 rings (SSSR count). The molecular weight excluding hydrogens is 218 g/mol. The van der Waals surface area contributed by atoms with Gasteiger partial charge in [-0.3, -0.25) is 15.3 Å². The number of aryl methyl sites for hydroxylation is 2. The summed E-state index contributed by atoms with van der Waals surface area (Å²) in [5.41, 5.74) is 0.910. The molecule has 0 atom stereocenters. The zero-order valence-electron chi connectivity index (χ0n) is 9.64. The fraction of sp³-hybridized carbons (Fsp3) is 0.182. The van der Waals surface area contributed by atoms with E-state index in [1.807, 2.05) is 19.1 Å². The monoisotopic (exact) mass is 231 g/mol. The summed E-state index contributed by atoms with van der Waals surface area (Å²) < 4.78 is 1.57. The number of carbonyl (C=O) groups is 1. The van der Waals surface area contributed by atoms with E-state index in [9.17, 15) is 4.79 Å². The molecule has 88 valence electrons. The first-order chi connectivity index (χ1) is 8.16. The zero-order chi connectivity index (χ0) is 12.3. The molecule has 0 aromatic carbocycles. The molecule has 0 saturated heterocycles. The molecule has 2 heterocycles. The van der Waals surface area contributed by atoms with E-state index in [2.05, 4.69) is 20.7 Å². The lowest BCUT2D eigenvalue weighted by atomic mass is 10.3. The van der Waals surface area contributed by atoms with Crippen LogP contribution in [0.15, 0.2) is 30.6 Å². The van der Waals surface area contributed by atoms with Crippen LogP contribution in [0.4, 0.5) is 16.4 Å². The van der Waals surface area contributed by atoms with Crippen LogP contribution in [0.1, 0.15) is 5.56 Å². The van der Waals surface area contributed by atoms with E-state index in [1.54, 1.807) is 30.2 Å². The van der Waals surface area contributed by atoms with Gasteiger partial charge >= 0.3 is 6.03 Å². The highest BCUT2D eigenvalue weighted by Gasteiger charge is 2.07. The van der Waals surface area contributed by atoms with E-state index < -0.39 is 0 Å². The Morgan fingerprint density at radius 3 is 2.76 bits per heavy atom. The minimum atomic E-state index is -0.338. The van der Waals surface area contributed by atoms with Crippen molar-refractivity contribution in [3.63, 3.8) is 0 Å². The lowest BCUT2D eigenvalue weighted by Gasteiger charge is -2.08. The Labute approximate surface area is 98.7 Å². The Hall–Kier alpha value is -2.37. The Kier molecular flexibility index (Phi) is 3.04. The Morgan fingerprint density at radius 2 is 2.12 bits per heavy atom. The SMILES string of the molecule is Cc1cccnc1NC(=O)Nc1ccnn1C. The van der Waals surface area contributed by atoms with Gasteiger partial charge in [0, 0.05) is 19.3 Å². The second-order valence-corrected chi connectivity index (χ2v) is 3.59. The van der Waals surface area contributed by atoms with Gasteiger partial charge in [0.2, 0.25) is 0 Å². The first-order valence-electron chi connectivity index (χ1n) is 5.14. The van der Waals surface area contributed by atoms with Crippen molar-refractivity contribution in [1.29, 1.82) is 0 Å². The summed E-state index contributed by atoms with van der Waals surface area (Å²) in [6, 6.07) is 5.08. The molecule has 6 nitrogen and oxygen atoms in total. The first kappa shape index (κ1) is 11.1. The largest absolute Gasteiger partial charge is 0.326 e. The average molecular weight is 231 g/mol. The number of rotatable bonds is 2. The van der Waals surface area contributed by atoms with Crippen LogP contribution in [0, 0.1) is 6.92 Å². The van der Waals surface area contributed by atoms with E-state index in [0.717, 1.165) is 5.56 Å². The van der Waals surface area contributed by atoms with Crippen LogP contribution in [0.25, 0.3) is 0 Å². The summed E-state index contributed by atoms with van der Waals surface area (Å²) in [4.78, 5) is 15.8. The van der Waals surface area contributed by atoms with Gasteiger partial charge in [-0.25, -0.2) is 9.78 Å². The lowest BCUT2D eigenvalue weighted by molar-refractivity contribution is 0.262. The predicted molar refractivity (Wildman–Crippen MR) is 64.8 cm³/mol. The smallest absolute Gasteiger partial charge is 0.292 e. The Balaban J connectivity index is 2.03. The van der Waals surface area contributed by atoms with Crippen LogP contribution in [0.3, 0.4) is 0 Å². The number of amides is 2. The second kappa shape index (κ2) is 4.65. The lowest BCUT2D eigenvalue weighted by Crippen LogP contribution is -2.22. The minimum Gasteiger partial charge on any atom is -0.292 e. The summed E-state index contributed by atoms with van der Waals surface area (Å²) in [7, 11) is 1.75. The molecule has 2 aromatic heterocycles. The van der Waals surface area contributed by atoms with Crippen molar-refractivity contribution >= 4 is 17.7 Å². The quantitative estimate of drug-likeness (QED) is 0.827. The highest BCUT2D eigenvalue weighted by molar-refractivity contribution is 5.98. The van der Waals surface area contributed by atoms with Crippen molar-refractivity contribution in [2.45, 2.75) is 6.92 Å². The fourth-order valence-corrected chi connectivity index (χ4v) is 1.37. The molecule has 0 aliphatic carbocycles. The topological polar surface area (TPSA) is 71.8 Å². The third-order valence-corrected chi connectivity index (χ3v) is 2.30. The average Bonchev–Trinajstić information content (AvgIpc) is 2.68. The molecule has 2 N–H and O–H groups in total. The maximum atomic E-state index is 11.7. The van der Waals surface area contributed by atoms with Crippen molar-refractivity contribution in [3.05, 3.63) is 36.2 Å². The van der Waals surface area contributed by atoms with Crippen molar-refractivity contribution in [2.75, 3.05) is 10.6 Å². The van der Waals surface area contributed by atoms with E-state index >= 15 is 0 Å². The summed E-state index contributed by atoms with van der Waals surface area (Å²) in [5, 5.41) is 9.30.